The number of hydrogen-bond donors (Lipinski definition) is 2. The molecule has 0 radical (unpaired) electrons. The highest BCUT2D eigenvalue weighted by atomic mass is 16.3. The average Bonchev–Trinajstić information content (AvgIpc) is 2.63. The van der Waals surface area contributed by atoms with E-state index < -0.39 is 0 Å². The highest BCUT2D eigenvalue weighted by Crippen LogP contribution is 2.29. The lowest BCUT2D eigenvalue weighted by atomic mass is 10.1. The number of para-hydroxylation sites is 1. The van der Waals surface area contributed by atoms with Crippen LogP contribution in [-0.2, 0) is 0 Å². The topological polar surface area (TPSA) is 58.0 Å². The van der Waals surface area contributed by atoms with Crippen molar-refractivity contribution in [2.24, 2.45) is 0 Å². The molecule has 24 heavy (non-hydrogen) atoms. The van der Waals surface area contributed by atoms with Gasteiger partial charge in [-0.25, -0.2) is 9.97 Å². The van der Waals surface area contributed by atoms with Crippen molar-refractivity contribution >= 4 is 22.4 Å². The molecule has 1 aromatic heterocycles. The SMILES string of the molecule is Oc1ccc2nc(-c3ccccc3)nc(Nc3ccccc3)c2c1. The summed E-state index contributed by atoms with van der Waals surface area (Å²) in [4.78, 5) is 9.30. The van der Waals surface area contributed by atoms with Gasteiger partial charge in [0, 0.05) is 16.6 Å². The van der Waals surface area contributed by atoms with Crippen LogP contribution in [0.5, 0.6) is 5.75 Å². The first-order valence-corrected chi connectivity index (χ1v) is 7.68. The molecule has 0 fully saturated rings. The summed E-state index contributed by atoms with van der Waals surface area (Å²) in [5, 5.41) is 13.9. The van der Waals surface area contributed by atoms with Gasteiger partial charge in [-0.15, -0.1) is 0 Å². The molecule has 116 valence electrons. The maximum Gasteiger partial charge on any atom is 0.162 e. The quantitative estimate of drug-likeness (QED) is 0.573. The van der Waals surface area contributed by atoms with Gasteiger partial charge in [-0.05, 0) is 30.3 Å². The van der Waals surface area contributed by atoms with Gasteiger partial charge in [-0.2, -0.15) is 0 Å². The lowest BCUT2D eigenvalue weighted by Gasteiger charge is -2.11. The Balaban J connectivity index is 1.90. The molecule has 0 aliphatic rings. The van der Waals surface area contributed by atoms with Crippen molar-refractivity contribution in [3.05, 3.63) is 78.9 Å². The minimum Gasteiger partial charge on any atom is -0.508 e. The number of phenols is 1. The molecule has 0 aliphatic heterocycles. The van der Waals surface area contributed by atoms with E-state index in [9.17, 15) is 5.11 Å². The van der Waals surface area contributed by atoms with E-state index in [0.29, 0.717) is 11.6 Å². The van der Waals surface area contributed by atoms with Crippen LogP contribution >= 0.6 is 0 Å². The van der Waals surface area contributed by atoms with E-state index in [4.69, 9.17) is 0 Å². The molecule has 1 heterocycles. The lowest BCUT2D eigenvalue weighted by molar-refractivity contribution is 0.476. The third-order valence-corrected chi connectivity index (χ3v) is 3.75. The van der Waals surface area contributed by atoms with Crippen molar-refractivity contribution in [2.45, 2.75) is 0 Å². The Morgan fingerprint density at radius 1 is 0.750 bits per heavy atom. The van der Waals surface area contributed by atoms with Crippen LogP contribution in [0.2, 0.25) is 0 Å². The smallest absolute Gasteiger partial charge is 0.162 e. The van der Waals surface area contributed by atoms with Crippen LogP contribution in [0, 0.1) is 0 Å². The first-order chi connectivity index (χ1) is 11.8. The van der Waals surface area contributed by atoms with E-state index in [1.807, 2.05) is 60.7 Å². The number of fused-ring (bicyclic) bond motifs is 1. The number of aromatic nitrogens is 2. The fourth-order valence-electron chi connectivity index (χ4n) is 2.59. The molecule has 0 amide bonds. The van der Waals surface area contributed by atoms with Crippen LogP contribution in [0.3, 0.4) is 0 Å². The third kappa shape index (κ3) is 2.77. The third-order valence-electron chi connectivity index (χ3n) is 3.75. The minimum absolute atomic E-state index is 0.190. The largest absolute Gasteiger partial charge is 0.508 e. The van der Waals surface area contributed by atoms with Gasteiger partial charge in [0.15, 0.2) is 5.82 Å². The van der Waals surface area contributed by atoms with Crippen LogP contribution in [-0.4, -0.2) is 15.1 Å². The summed E-state index contributed by atoms with van der Waals surface area (Å²) in [5.74, 6) is 1.50. The number of anilines is 2. The molecule has 0 saturated carbocycles. The second kappa shape index (κ2) is 6.01. The predicted octanol–water partition coefficient (Wildman–Crippen LogP) is 4.75. The second-order valence-electron chi connectivity index (χ2n) is 5.45. The standard InChI is InChI=1S/C20H15N3O/c24-16-11-12-18-17(13-16)20(21-15-9-5-2-6-10-15)23-19(22-18)14-7-3-1-4-8-14/h1-13,24H,(H,21,22,23). The summed E-state index contributed by atoms with van der Waals surface area (Å²) >= 11 is 0. The maximum absolute atomic E-state index is 9.82. The van der Waals surface area contributed by atoms with Gasteiger partial charge in [0.25, 0.3) is 0 Å². The number of nitrogens with one attached hydrogen (secondary N) is 1. The summed E-state index contributed by atoms with van der Waals surface area (Å²) in [6.07, 6.45) is 0. The molecule has 0 atom stereocenters. The van der Waals surface area contributed by atoms with Gasteiger partial charge in [-0.1, -0.05) is 48.5 Å². The van der Waals surface area contributed by atoms with Gasteiger partial charge in [0.2, 0.25) is 0 Å². The summed E-state index contributed by atoms with van der Waals surface area (Å²) in [6.45, 7) is 0. The number of nitrogens with zero attached hydrogens (tertiary/aromatic N) is 2. The Bertz CT molecular complexity index is 986. The monoisotopic (exact) mass is 313 g/mol. The van der Waals surface area contributed by atoms with Crippen molar-refractivity contribution in [1.29, 1.82) is 0 Å². The Hall–Kier alpha value is -3.40. The predicted molar refractivity (Wildman–Crippen MR) is 96.4 cm³/mol. The van der Waals surface area contributed by atoms with Crippen LogP contribution < -0.4 is 5.32 Å². The molecule has 4 heteroatoms. The van der Waals surface area contributed by atoms with Gasteiger partial charge in [0.1, 0.15) is 11.6 Å². The van der Waals surface area contributed by atoms with Crippen molar-refractivity contribution in [3.8, 4) is 17.1 Å². The molecule has 0 spiro atoms. The maximum atomic E-state index is 9.82. The molecule has 0 bridgehead atoms. The fraction of sp³-hybridized carbons (Fsp3) is 0. The zero-order valence-electron chi connectivity index (χ0n) is 12.8. The Morgan fingerprint density at radius 2 is 1.46 bits per heavy atom. The number of aromatic hydroxyl groups is 1. The molecule has 4 aromatic rings. The van der Waals surface area contributed by atoms with Crippen molar-refractivity contribution in [3.63, 3.8) is 0 Å². The first kappa shape index (κ1) is 14.2. The van der Waals surface area contributed by atoms with E-state index in [0.717, 1.165) is 22.2 Å². The number of hydrogen-bond acceptors (Lipinski definition) is 4. The molecule has 4 rings (SSSR count). The average molecular weight is 313 g/mol. The van der Waals surface area contributed by atoms with E-state index >= 15 is 0 Å². The van der Waals surface area contributed by atoms with Crippen LogP contribution in [0.4, 0.5) is 11.5 Å². The summed E-state index contributed by atoms with van der Waals surface area (Å²) in [5.41, 5.74) is 2.66. The van der Waals surface area contributed by atoms with Crippen LogP contribution in [0.25, 0.3) is 22.3 Å². The fourth-order valence-corrected chi connectivity index (χ4v) is 2.59. The number of benzene rings is 3. The van der Waals surface area contributed by atoms with E-state index in [1.54, 1.807) is 18.2 Å². The van der Waals surface area contributed by atoms with Crippen LogP contribution in [0.15, 0.2) is 78.9 Å². The van der Waals surface area contributed by atoms with Gasteiger partial charge >= 0.3 is 0 Å². The van der Waals surface area contributed by atoms with Crippen molar-refractivity contribution in [2.75, 3.05) is 5.32 Å². The molecule has 0 unspecified atom stereocenters. The normalized spacial score (nSPS) is 10.7. The highest BCUT2D eigenvalue weighted by Gasteiger charge is 2.10. The molecular weight excluding hydrogens is 298 g/mol. The minimum atomic E-state index is 0.190. The second-order valence-corrected chi connectivity index (χ2v) is 5.45. The zero-order valence-corrected chi connectivity index (χ0v) is 12.8. The van der Waals surface area contributed by atoms with Gasteiger partial charge < -0.3 is 10.4 Å². The van der Waals surface area contributed by atoms with E-state index in [1.165, 1.54) is 0 Å². The van der Waals surface area contributed by atoms with Gasteiger partial charge in [0.05, 0.1) is 5.52 Å². The molecule has 4 nitrogen and oxygen atoms in total. The van der Waals surface area contributed by atoms with Crippen molar-refractivity contribution < 1.29 is 5.11 Å². The van der Waals surface area contributed by atoms with Crippen molar-refractivity contribution in [1.82, 2.24) is 9.97 Å². The molecule has 0 aliphatic carbocycles. The van der Waals surface area contributed by atoms with E-state index in [-0.39, 0.29) is 5.75 Å². The number of rotatable bonds is 3. The van der Waals surface area contributed by atoms with Crippen LogP contribution in [0.1, 0.15) is 0 Å². The molecular formula is C20H15N3O. The highest BCUT2D eigenvalue weighted by molar-refractivity contribution is 5.93. The number of phenolic OH excluding ortho intramolecular Hbond substituents is 1. The summed E-state index contributed by atoms with van der Waals surface area (Å²) in [6, 6.07) is 24.8. The Kier molecular flexibility index (Phi) is 3.56. The van der Waals surface area contributed by atoms with E-state index in [2.05, 4.69) is 15.3 Å². The summed E-state index contributed by atoms with van der Waals surface area (Å²) < 4.78 is 0. The molecule has 3 aromatic carbocycles. The zero-order chi connectivity index (χ0) is 16.4. The summed E-state index contributed by atoms with van der Waals surface area (Å²) in [7, 11) is 0. The first-order valence-electron chi connectivity index (χ1n) is 7.68. The molecule has 2 N–H and O–H groups in total. The van der Waals surface area contributed by atoms with Gasteiger partial charge in [-0.3, -0.25) is 0 Å². The Morgan fingerprint density at radius 3 is 2.21 bits per heavy atom. The Labute approximate surface area is 139 Å². The lowest BCUT2D eigenvalue weighted by Crippen LogP contribution is -1.99. The molecule has 0 saturated heterocycles.